The molecule has 8 heteroatoms. The van der Waals surface area contributed by atoms with E-state index < -0.39 is 23.5 Å². The molecule has 0 saturated carbocycles. The van der Waals surface area contributed by atoms with Crippen LogP contribution in [0.2, 0.25) is 0 Å². The monoisotopic (exact) mass is 393 g/mol. The lowest BCUT2D eigenvalue weighted by Crippen LogP contribution is -2.29. The van der Waals surface area contributed by atoms with Gasteiger partial charge in [0.1, 0.15) is 12.4 Å². The van der Waals surface area contributed by atoms with Gasteiger partial charge in [0.2, 0.25) is 6.10 Å². The zero-order valence-electron chi connectivity index (χ0n) is 15.4. The van der Waals surface area contributed by atoms with Crippen LogP contribution >= 0.6 is 0 Å². The maximum Gasteiger partial charge on any atom is 0.359 e. The van der Waals surface area contributed by atoms with E-state index in [0.29, 0.717) is 11.3 Å². The van der Waals surface area contributed by atoms with Gasteiger partial charge in [-0.2, -0.15) is 5.10 Å². The van der Waals surface area contributed by atoms with Crippen LogP contribution in [0.3, 0.4) is 0 Å². The highest BCUT2D eigenvalue weighted by Crippen LogP contribution is 2.18. The molecule has 3 aromatic rings. The third kappa shape index (κ3) is 5.29. The minimum Gasteiger partial charge on any atom is -0.492 e. The number of amides is 1. The predicted octanol–water partition coefficient (Wildman–Crippen LogP) is 1.71. The van der Waals surface area contributed by atoms with Crippen molar-refractivity contribution in [3.05, 3.63) is 94.4 Å². The van der Waals surface area contributed by atoms with E-state index in [2.05, 4.69) is 5.10 Å². The number of hydrogen-bond donors (Lipinski definition) is 1. The highest BCUT2D eigenvalue weighted by atomic mass is 16.5. The fourth-order valence-corrected chi connectivity index (χ4v) is 2.57. The molecule has 0 radical (unpaired) electrons. The molecule has 2 aromatic carbocycles. The average molecular weight is 393 g/mol. The second kappa shape index (κ2) is 9.32. The van der Waals surface area contributed by atoms with Gasteiger partial charge in [-0.3, -0.25) is 9.59 Å². The summed E-state index contributed by atoms with van der Waals surface area (Å²) in [6, 6.07) is 20.0. The molecule has 8 nitrogen and oxygen atoms in total. The van der Waals surface area contributed by atoms with Crippen LogP contribution in [0.4, 0.5) is 0 Å². The van der Waals surface area contributed by atoms with Gasteiger partial charge in [0.15, 0.2) is 5.69 Å². The zero-order chi connectivity index (χ0) is 20.6. The summed E-state index contributed by atoms with van der Waals surface area (Å²) in [6.07, 6.45) is -1.26. The number of primary amides is 1. The van der Waals surface area contributed by atoms with Crippen molar-refractivity contribution in [3.8, 4) is 5.75 Å². The summed E-state index contributed by atoms with van der Waals surface area (Å²) in [7, 11) is 0. The van der Waals surface area contributed by atoms with E-state index in [-0.39, 0.29) is 18.8 Å². The van der Waals surface area contributed by atoms with Gasteiger partial charge < -0.3 is 15.2 Å². The van der Waals surface area contributed by atoms with E-state index in [4.69, 9.17) is 15.2 Å². The molecule has 3 rings (SSSR count). The molecule has 1 unspecified atom stereocenters. The summed E-state index contributed by atoms with van der Waals surface area (Å²) in [5.41, 5.74) is 5.29. The van der Waals surface area contributed by atoms with Crippen molar-refractivity contribution >= 4 is 11.9 Å². The third-order valence-corrected chi connectivity index (χ3v) is 3.98. The third-order valence-electron chi connectivity index (χ3n) is 3.98. The quantitative estimate of drug-likeness (QED) is 0.583. The van der Waals surface area contributed by atoms with Gasteiger partial charge in [0, 0.05) is 11.6 Å². The highest BCUT2D eigenvalue weighted by Gasteiger charge is 2.24. The molecule has 2 N–H and O–H groups in total. The first-order valence-corrected chi connectivity index (χ1v) is 8.86. The van der Waals surface area contributed by atoms with Gasteiger partial charge in [-0.15, -0.1) is 0 Å². The fourth-order valence-electron chi connectivity index (χ4n) is 2.57. The molecule has 29 heavy (non-hydrogen) atoms. The van der Waals surface area contributed by atoms with Crippen LogP contribution in [-0.4, -0.2) is 28.3 Å². The minimum absolute atomic E-state index is 0.119. The van der Waals surface area contributed by atoms with Gasteiger partial charge in [-0.25, -0.2) is 9.48 Å². The first kappa shape index (κ1) is 19.8. The Hall–Kier alpha value is -3.94. The van der Waals surface area contributed by atoms with E-state index in [0.717, 1.165) is 4.68 Å². The Morgan fingerprint density at radius 3 is 2.28 bits per heavy atom. The summed E-state index contributed by atoms with van der Waals surface area (Å²) >= 11 is 0. The average Bonchev–Trinajstić information content (AvgIpc) is 2.74. The van der Waals surface area contributed by atoms with E-state index in [1.165, 1.54) is 12.1 Å². The molecule has 0 saturated heterocycles. The topological polar surface area (TPSA) is 114 Å². The molecule has 0 spiro atoms. The highest BCUT2D eigenvalue weighted by molar-refractivity contribution is 5.90. The van der Waals surface area contributed by atoms with E-state index in [1.807, 2.05) is 18.2 Å². The van der Waals surface area contributed by atoms with Crippen molar-refractivity contribution in [2.45, 2.75) is 12.6 Å². The van der Waals surface area contributed by atoms with Crippen molar-refractivity contribution < 1.29 is 19.1 Å². The molecular weight excluding hydrogens is 374 g/mol. The minimum atomic E-state index is -1.26. The molecule has 0 fully saturated rings. The number of rotatable bonds is 8. The number of carbonyl (C=O) groups is 2. The van der Waals surface area contributed by atoms with E-state index >= 15 is 0 Å². The van der Waals surface area contributed by atoms with Crippen LogP contribution in [0, 0.1) is 0 Å². The first-order valence-electron chi connectivity index (χ1n) is 8.86. The molecule has 1 atom stereocenters. The smallest absolute Gasteiger partial charge is 0.359 e. The Morgan fingerprint density at radius 1 is 0.966 bits per heavy atom. The number of esters is 1. The van der Waals surface area contributed by atoms with Gasteiger partial charge in [0.05, 0.1) is 6.54 Å². The Bertz CT molecular complexity index is 1030. The number of benzene rings is 2. The van der Waals surface area contributed by atoms with Gasteiger partial charge in [0.25, 0.3) is 11.5 Å². The Morgan fingerprint density at radius 2 is 1.62 bits per heavy atom. The number of carbonyl (C=O) groups excluding carboxylic acids is 2. The van der Waals surface area contributed by atoms with E-state index in [9.17, 15) is 14.4 Å². The maximum absolute atomic E-state index is 12.5. The van der Waals surface area contributed by atoms with Crippen molar-refractivity contribution in [3.63, 3.8) is 0 Å². The van der Waals surface area contributed by atoms with Gasteiger partial charge in [-0.1, -0.05) is 48.5 Å². The second-order valence-electron chi connectivity index (χ2n) is 6.04. The Kier molecular flexibility index (Phi) is 6.36. The summed E-state index contributed by atoms with van der Waals surface area (Å²) < 4.78 is 11.9. The van der Waals surface area contributed by atoms with Gasteiger partial charge in [-0.05, 0) is 18.2 Å². The largest absolute Gasteiger partial charge is 0.492 e. The number of para-hydroxylation sites is 1. The normalized spacial score (nSPS) is 11.4. The lowest BCUT2D eigenvalue weighted by atomic mass is 10.1. The van der Waals surface area contributed by atoms with Crippen molar-refractivity contribution in [1.29, 1.82) is 0 Å². The van der Waals surface area contributed by atoms with Crippen LogP contribution in [0.1, 0.15) is 22.2 Å². The van der Waals surface area contributed by atoms with E-state index in [1.54, 1.807) is 42.5 Å². The second-order valence-corrected chi connectivity index (χ2v) is 6.04. The standard InChI is InChI=1S/C21H19N3O5/c22-20(26)19(15-7-3-1-4-8-15)29-21(27)17-11-12-18(25)24(23-17)13-14-28-16-9-5-2-6-10-16/h1-12,19H,13-14H2,(H2,22,26). The lowest BCUT2D eigenvalue weighted by Gasteiger charge is -2.15. The molecule has 0 aliphatic heterocycles. The summed E-state index contributed by atoms with van der Waals surface area (Å²) in [4.78, 5) is 36.2. The summed E-state index contributed by atoms with van der Waals surface area (Å²) in [5, 5.41) is 4.01. The van der Waals surface area contributed by atoms with Crippen LogP contribution in [0.15, 0.2) is 77.6 Å². The van der Waals surface area contributed by atoms with Crippen LogP contribution in [-0.2, 0) is 16.1 Å². The molecule has 0 aliphatic rings. The molecule has 1 aromatic heterocycles. The predicted molar refractivity (Wildman–Crippen MR) is 104 cm³/mol. The zero-order valence-corrected chi connectivity index (χ0v) is 15.4. The Balaban J connectivity index is 1.70. The Labute approximate surface area is 166 Å². The van der Waals surface area contributed by atoms with Crippen LogP contribution in [0.5, 0.6) is 5.75 Å². The van der Waals surface area contributed by atoms with Crippen molar-refractivity contribution in [1.82, 2.24) is 9.78 Å². The van der Waals surface area contributed by atoms with Crippen molar-refractivity contribution in [2.24, 2.45) is 5.73 Å². The maximum atomic E-state index is 12.5. The lowest BCUT2D eigenvalue weighted by molar-refractivity contribution is -0.127. The molecule has 1 heterocycles. The molecule has 0 aliphatic carbocycles. The number of hydrogen-bond acceptors (Lipinski definition) is 6. The molecule has 148 valence electrons. The SMILES string of the molecule is NC(=O)C(OC(=O)c1ccc(=O)n(CCOc2ccccc2)n1)c1ccccc1. The van der Waals surface area contributed by atoms with Gasteiger partial charge >= 0.3 is 5.97 Å². The molecule has 0 bridgehead atoms. The molecular formula is C21H19N3O5. The number of ether oxygens (including phenoxy) is 2. The number of nitrogens with two attached hydrogens (primary N) is 1. The number of aromatic nitrogens is 2. The van der Waals surface area contributed by atoms with Crippen LogP contribution < -0.4 is 16.0 Å². The number of nitrogens with zero attached hydrogens (tertiary/aromatic N) is 2. The fraction of sp³-hybridized carbons (Fsp3) is 0.143. The summed E-state index contributed by atoms with van der Waals surface area (Å²) in [5.74, 6) is -1.02. The molecule has 1 amide bonds. The van der Waals surface area contributed by atoms with Crippen LogP contribution in [0.25, 0.3) is 0 Å². The van der Waals surface area contributed by atoms with Crippen molar-refractivity contribution in [2.75, 3.05) is 6.61 Å². The summed E-state index contributed by atoms with van der Waals surface area (Å²) in [6.45, 7) is 0.316. The first-order chi connectivity index (χ1) is 14.0.